The highest BCUT2D eigenvalue weighted by Crippen LogP contribution is 2.18. The zero-order valence-corrected chi connectivity index (χ0v) is 3.77. The van der Waals surface area contributed by atoms with Gasteiger partial charge in [0.25, 0.3) is 0 Å². The topological polar surface area (TPSA) is 9.23 Å². The van der Waals surface area contributed by atoms with Gasteiger partial charge in [-0.25, -0.2) is 0 Å². The standard InChI is InChI=1S/C3H5OP/c1-2-4-5-3-1/h1,3,5H,2H2. The zero-order chi connectivity index (χ0) is 3.54. The molecule has 1 unspecified atom stereocenters. The maximum Gasteiger partial charge on any atom is 0.0695 e. The molecule has 0 aromatic rings. The predicted molar refractivity (Wildman–Crippen MR) is 23.4 cm³/mol. The molecular formula is C3H5OP. The molecule has 0 aromatic heterocycles. The Hall–Kier alpha value is 0.130. The minimum absolute atomic E-state index is 0.628. The summed E-state index contributed by atoms with van der Waals surface area (Å²) in [6, 6.07) is 0. The fraction of sp³-hybridized carbons (Fsp3) is 0.333. The first-order valence-electron chi connectivity index (χ1n) is 1.52. The van der Waals surface area contributed by atoms with E-state index in [0.29, 0.717) is 8.81 Å². The van der Waals surface area contributed by atoms with Gasteiger partial charge in [-0.2, -0.15) is 0 Å². The minimum Gasteiger partial charge on any atom is -0.354 e. The van der Waals surface area contributed by atoms with Gasteiger partial charge in [0, 0.05) is 8.81 Å². The molecule has 0 bridgehead atoms. The van der Waals surface area contributed by atoms with Gasteiger partial charge in [-0.1, -0.05) is 6.08 Å². The van der Waals surface area contributed by atoms with E-state index in [1.807, 2.05) is 11.9 Å². The van der Waals surface area contributed by atoms with Gasteiger partial charge in [-0.3, -0.25) is 0 Å². The fourth-order valence-electron chi connectivity index (χ4n) is 0.241. The summed E-state index contributed by atoms with van der Waals surface area (Å²) in [5.41, 5.74) is 0. The largest absolute Gasteiger partial charge is 0.354 e. The van der Waals surface area contributed by atoms with Crippen LogP contribution >= 0.6 is 8.81 Å². The summed E-state index contributed by atoms with van der Waals surface area (Å²) in [6.07, 6.45) is 2.03. The van der Waals surface area contributed by atoms with Crippen molar-refractivity contribution in [3.05, 3.63) is 11.9 Å². The Labute approximate surface area is 32.9 Å². The van der Waals surface area contributed by atoms with E-state index >= 15 is 0 Å². The van der Waals surface area contributed by atoms with Crippen molar-refractivity contribution >= 4 is 8.81 Å². The first-order chi connectivity index (χ1) is 2.50. The molecule has 0 saturated carbocycles. The average molecular weight is 88.0 g/mol. The Kier molecular flexibility index (Phi) is 1.02. The third-order valence-corrected chi connectivity index (χ3v) is 1.15. The lowest BCUT2D eigenvalue weighted by atomic mass is 10.7. The van der Waals surface area contributed by atoms with Crippen molar-refractivity contribution < 1.29 is 4.52 Å². The SMILES string of the molecule is C1=CPOC1. The van der Waals surface area contributed by atoms with Crippen molar-refractivity contribution in [2.24, 2.45) is 0 Å². The molecule has 1 atom stereocenters. The van der Waals surface area contributed by atoms with E-state index in [1.54, 1.807) is 0 Å². The third-order valence-electron chi connectivity index (χ3n) is 0.449. The van der Waals surface area contributed by atoms with Crippen LogP contribution in [0.3, 0.4) is 0 Å². The summed E-state index contributed by atoms with van der Waals surface area (Å²) in [5.74, 6) is 2.04. The summed E-state index contributed by atoms with van der Waals surface area (Å²) in [5, 5.41) is 0. The van der Waals surface area contributed by atoms with E-state index in [2.05, 4.69) is 0 Å². The second-order valence-electron chi connectivity index (χ2n) is 0.831. The van der Waals surface area contributed by atoms with Crippen LogP contribution in [0.2, 0.25) is 0 Å². The third kappa shape index (κ3) is 0.712. The molecule has 0 spiro atoms. The molecule has 1 rings (SSSR count). The van der Waals surface area contributed by atoms with Crippen LogP contribution in [0.15, 0.2) is 11.9 Å². The fourth-order valence-corrected chi connectivity index (χ4v) is 0.722. The summed E-state index contributed by atoms with van der Waals surface area (Å²) < 4.78 is 4.86. The molecule has 0 aromatic carbocycles. The molecule has 0 saturated heterocycles. The second-order valence-corrected chi connectivity index (χ2v) is 1.69. The van der Waals surface area contributed by atoms with Crippen LogP contribution in [0, 0.1) is 0 Å². The van der Waals surface area contributed by atoms with Crippen LogP contribution in [0.5, 0.6) is 0 Å². The Morgan fingerprint density at radius 3 is 3.00 bits per heavy atom. The summed E-state index contributed by atoms with van der Waals surface area (Å²) >= 11 is 0. The predicted octanol–water partition coefficient (Wildman–Crippen LogP) is 1.12. The highest BCUT2D eigenvalue weighted by atomic mass is 31.1. The van der Waals surface area contributed by atoms with Gasteiger partial charge in [-0.15, -0.1) is 0 Å². The van der Waals surface area contributed by atoms with Gasteiger partial charge in [0.1, 0.15) is 0 Å². The van der Waals surface area contributed by atoms with E-state index < -0.39 is 0 Å². The van der Waals surface area contributed by atoms with E-state index in [4.69, 9.17) is 4.52 Å². The monoisotopic (exact) mass is 88.0 g/mol. The Morgan fingerprint density at radius 1 is 1.80 bits per heavy atom. The Bertz CT molecular complexity index is 44.9. The lowest BCUT2D eigenvalue weighted by molar-refractivity contribution is 0.430. The van der Waals surface area contributed by atoms with Gasteiger partial charge in [-0.05, 0) is 5.82 Å². The van der Waals surface area contributed by atoms with Crippen LogP contribution in [0.1, 0.15) is 0 Å². The van der Waals surface area contributed by atoms with Gasteiger partial charge in [0.15, 0.2) is 0 Å². The number of rotatable bonds is 0. The van der Waals surface area contributed by atoms with Crippen LogP contribution in [-0.4, -0.2) is 6.61 Å². The Morgan fingerprint density at radius 2 is 2.80 bits per heavy atom. The normalized spacial score (nSPS) is 25.6. The molecule has 1 heterocycles. The van der Waals surface area contributed by atoms with Gasteiger partial charge in [0.05, 0.1) is 6.61 Å². The highest BCUT2D eigenvalue weighted by molar-refractivity contribution is 7.36. The molecule has 1 aliphatic heterocycles. The first-order valence-corrected chi connectivity index (χ1v) is 2.51. The number of hydrogen-bond acceptors (Lipinski definition) is 1. The Balaban J connectivity index is 2.32. The maximum absolute atomic E-state index is 4.86. The van der Waals surface area contributed by atoms with Crippen molar-refractivity contribution in [1.82, 2.24) is 0 Å². The van der Waals surface area contributed by atoms with Gasteiger partial charge < -0.3 is 4.52 Å². The first kappa shape index (κ1) is 3.32. The summed E-state index contributed by atoms with van der Waals surface area (Å²) in [4.78, 5) is 0. The zero-order valence-electron chi connectivity index (χ0n) is 2.77. The average Bonchev–Trinajstić information content (AvgIpc) is 1.76. The van der Waals surface area contributed by atoms with Crippen molar-refractivity contribution in [3.8, 4) is 0 Å². The molecule has 28 valence electrons. The van der Waals surface area contributed by atoms with E-state index in [0.717, 1.165) is 6.61 Å². The van der Waals surface area contributed by atoms with Crippen molar-refractivity contribution in [2.45, 2.75) is 0 Å². The quantitative estimate of drug-likeness (QED) is 0.403. The van der Waals surface area contributed by atoms with Crippen LogP contribution in [-0.2, 0) is 4.52 Å². The van der Waals surface area contributed by atoms with Crippen molar-refractivity contribution in [1.29, 1.82) is 0 Å². The summed E-state index contributed by atoms with van der Waals surface area (Å²) in [7, 11) is 0.628. The molecule has 0 N–H and O–H groups in total. The summed E-state index contributed by atoms with van der Waals surface area (Å²) in [6.45, 7) is 0.832. The molecule has 0 amide bonds. The lowest BCUT2D eigenvalue weighted by Crippen LogP contribution is -1.63. The molecule has 0 aliphatic carbocycles. The molecule has 2 heteroatoms. The van der Waals surface area contributed by atoms with Crippen molar-refractivity contribution in [2.75, 3.05) is 6.61 Å². The van der Waals surface area contributed by atoms with Gasteiger partial charge in [0.2, 0.25) is 0 Å². The number of hydrogen-bond donors (Lipinski definition) is 0. The molecule has 0 fully saturated rings. The van der Waals surface area contributed by atoms with E-state index in [9.17, 15) is 0 Å². The smallest absolute Gasteiger partial charge is 0.0695 e. The molecule has 1 aliphatic rings. The molecule has 5 heavy (non-hydrogen) atoms. The minimum atomic E-state index is 0.628. The van der Waals surface area contributed by atoms with Crippen LogP contribution in [0.25, 0.3) is 0 Å². The van der Waals surface area contributed by atoms with Crippen LogP contribution in [0.4, 0.5) is 0 Å². The van der Waals surface area contributed by atoms with E-state index in [1.165, 1.54) is 0 Å². The maximum atomic E-state index is 4.86. The lowest BCUT2D eigenvalue weighted by Gasteiger charge is -1.77. The molecule has 1 nitrogen and oxygen atoms in total. The second kappa shape index (κ2) is 1.54. The van der Waals surface area contributed by atoms with Crippen LogP contribution < -0.4 is 0 Å². The highest BCUT2D eigenvalue weighted by Gasteiger charge is 1.83. The van der Waals surface area contributed by atoms with Gasteiger partial charge >= 0.3 is 0 Å². The molecule has 0 radical (unpaired) electrons. The molecular weight excluding hydrogens is 83.0 g/mol. The van der Waals surface area contributed by atoms with Crippen molar-refractivity contribution in [3.63, 3.8) is 0 Å². The van der Waals surface area contributed by atoms with E-state index in [-0.39, 0.29) is 0 Å².